The van der Waals surface area contributed by atoms with Crippen LogP contribution >= 0.6 is 28.1 Å². The highest BCUT2D eigenvalue weighted by molar-refractivity contribution is 9.10. The average molecular weight is 302 g/mol. The Hall–Kier alpha value is -1.47. The van der Waals surface area contributed by atoms with Gasteiger partial charge in [-0.05, 0) is 30.4 Å². The first-order chi connectivity index (χ1) is 7.50. The fourth-order valence-electron chi connectivity index (χ4n) is 0.941. The Morgan fingerprint density at radius 3 is 2.88 bits per heavy atom. The molecular weight excluding hydrogens is 294 g/mol. The van der Waals surface area contributed by atoms with Crippen molar-refractivity contribution < 1.29 is 9.90 Å². The van der Waals surface area contributed by atoms with Crippen molar-refractivity contribution >= 4 is 45.4 Å². The maximum atomic E-state index is 10.7. The highest BCUT2D eigenvalue weighted by Gasteiger charge is 2.05. The van der Waals surface area contributed by atoms with Crippen LogP contribution in [0.5, 0.6) is 0 Å². The third-order valence-electron chi connectivity index (χ3n) is 1.62. The van der Waals surface area contributed by atoms with Gasteiger partial charge in [0, 0.05) is 10.0 Å². The van der Waals surface area contributed by atoms with Gasteiger partial charge in [0.15, 0.2) is 5.11 Å². The summed E-state index contributed by atoms with van der Waals surface area (Å²) in [4.78, 5) is 10.7. The summed E-state index contributed by atoms with van der Waals surface area (Å²) >= 11 is 7.83. The van der Waals surface area contributed by atoms with Gasteiger partial charge in [-0.2, -0.15) is 5.10 Å². The lowest BCUT2D eigenvalue weighted by Crippen LogP contribution is -2.24. The molecule has 0 heterocycles. The molecule has 0 fully saturated rings. The zero-order valence-electron chi connectivity index (χ0n) is 7.98. The molecule has 1 rings (SSSR count). The number of nitrogens with two attached hydrogens (primary N) is 1. The van der Waals surface area contributed by atoms with Gasteiger partial charge in [-0.3, -0.25) is 5.43 Å². The molecule has 84 valence electrons. The predicted molar refractivity (Wildman–Crippen MR) is 68.6 cm³/mol. The summed E-state index contributed by atoms with van der Waals surface area (Å²) in [5, 5.41) is 12.6. The topological polar surface area (TPSA) is 87.7 Å². The number of hydrazone groups is 1. The maximum Gasteiger partial charge on any atom is 0.335 e. The van der Waals surface area contributed by atoms with E-state index >= 15 is 0 Å². The number of carbonyl (C=O) groups is 1. The molecule has 0 saturated carbocycles. The van der Waals surface area contributed by atoms with Crippen LogP contribution in [-0.4, -0.2) is 22.4 Å². The quantitative estimate of drug-likeness (QED) is 0.445. The van der Waals surface area contributed by atoms with Crippen molar-refractivity contribution in [1.82, 2.24) is 5.43 Å². The lowest BCUT2D eigenvalue weighted by molar-refractivity contribution is 0.0697. The first-order valence-electron chi connectivity index (χ1n) is 4.12. The van der Waals surface area contributed by atoms with E-state index in [-0.39, 0.29) is 10.7 Å². The molecule has 0 atom stereocenters. The van der Waals surface area contributed by atoms with Crippen molar-refractivity contribution in [2.45, 2.75) is 0 Å². The van der Waals surface area contributed by atoms with E-state index in [2.05, 4.69) is 38.7 Å². The number of benzene rings is 1. The third kappa shape index (κ3) is 3.59. The molecule has 0 aliphatic rings. The molecule has 0 bridgehead atoms. The Morgan fingerprint density at radius 1 is 1.62 bits per heavy atom. The number of nitrogens with one attached hydrogen (secondary N) is 1. The summed E-state index contributed by atoms with van der Waals surface area (Å²) in [6.07, 6.45) is 1.43. The zero-order chi connectivity index (χ0) is 12.1. The Morgan fingerprint density at radius 2 is 2.31 bits per heavy atom. The van der Waals surface area contributed by atoms with Gasteiger partial charge in [-0.25, -0.2) is 4.79 Å². The van der Waals surface area contributed by atoms with Crippen molar-refractivity contribution in [3.8, 4) is 0 Å². The second kappa shape index (κ2) is 5.57. The molecule has 7 heteroatoms. The first-order valence-corrected chi connectivity index (χ1v) is 5.32. The van der Waals surface area contributed by atoms with Crippen LogP contribution in [0, 0.1) is 0 Å². The minimum absolute atomic E-state index is 0.0433. The van der Waals surface area contributed by atoms with E-state index in [1.165, 1.54) is 18.3 Å². The van der Waals surface area contributed by atoms with Gasteiger partial charge in [0.2, 0.25) is 0 Å². The molecule has 0 saturated heterocycles. The molecule has 0 aromatic heterocycles. The van der Waals surface area contributed by atoms with E-state index in [1.807, 2.05) is 0 Å². The van der Waals surface area contributed by atoms with E-state index in [9.17, 15) is 4.79 Å². The molecule has 16 heavy (non-hydrogen) atoms. The van der Waals surface area contributed by atoms with E-state index in [0.29, 0.717) is 5.56 Å². The summed E-state index contributed by atoms with van der Waals surface area (Å²) < 4.78 is 0.728. The highest BCUT2D eigenvalue weighted by Crippen LogP contribution is 2.16. The molecule has 0 aliphatic carbocycles. The van der Waals surface area contributed by atoms with Gasteiger partial charge in [0.1, 0.15) is 0 Å². The minimum atomic E-state index is -0.996. The normalized spacial score (nSPS) is 10.3. The van der Waals surface area contributed by atoms with Crippen LogP contribution in [0.25, 0.3) is 0 Å². The molecule has 5 nitrogen and oxygen atoms in total. The van der Waals surface area contributed by atoms with Crippen LogP contribution in [0.2, 0.25) is 0 Å². The number of hydrogen-bond acceptors (Lipinski definition) is 3. The number of carboxylic acids is 1. The molecule has 0 spiro atoms. The van der Waals surface area contributed by atoms with Gasteiger partial charge >= 0.3 is 5.97 Å². The lowest BCUT2D eigenvalue weighted by atomic mass is 10.1. The van der Waals surface area contributed by atoms with Crippen LogP contribution < -0.4 is 11.2 Å². The van der Waals surface area contributed by atoms with Crippen molar-refractivity contribution in [3.05, 3.63) is 33.8 Å². The average Bonchev–Trinajstić information content (AvgIpc) is 2.20. The fraction of sp³-hybridized carbons (Fsp3) is 0. The van der Waals surface area contributed by atoms with Gasteiger partial charge in [0.25, 0.3) is 0 Å². The predicted octanol–water partition coefficient (Wildman–Crippen LogP) is 1.31. The van der Waals surface area contributed by atoms with Gasteiger partial charge in [-0.15, -0.1) is 0 Å². The SMILES string of the molecule is NC(=S)NN=Cc1cc(C(=O)O)ccc1Br. The van der Waals surface area contributed by atoms with Crippen LogP contribution in [-0.2, 0) is 0 Å². The Bertz CT molecular complexity index is 462. The number of thiocarbonyl (C=S) groups is 1. The Labute approximate surface area is 105 Å². The second-order valence-corrected chi connectivity index (χ2v) is 4.07. The fourth-order valence-corrected chi connectivity index (χ4v) is 1.34. The van der Waals surface area contributed by atoms with E-state index in [1.54, 1.807) is 6.07 Å². The van der Waals surface area contributed by atoms with E-state index in [4.69, 9.17) is 10.8 Å². The van der Waals surface area contributed by atoms with Gasteiger partial charge in [-0.1, -0.05) is 15.9 Å². The largest absolute Gasteiger partial charge is 0.478 e. The summed E-state index contributed by atoms with van der Waals surface area (Å²) in [5.74, 6) is -0.996. The van der Waals surface area contributed by atoms with E-state index < -0.39 is 5.97 Å². The number of nitrogens with zero attached hydrogens (tertiary/aromatic N) is 1. The number of aromatic carboxylic acids is 1. The van der Waals surface area contributed by atoms with E-state index in [0.717, 1.165) is 4.47 Å². The first kappa shape index (κ1) is 12.6. The zero-order valence-corrected chi connectivity index (χ0v) is 10.4. The summed E-state index contributed by atoms with van der Waals surface area (Å²) in [6, 6.07) is 4.60. The number of carboxylic acid groups (broad SMARTS) is 1. The monoisotopic (exact) mass is 301 g/mol. The van der Waals surface area contributed by atoms with Crippen LogP contribution in [0.3, 0.4) is 0 Å². The Balaban J connectivity index is 2.94. The van der Waals surface area contributed by atoms with Gasteiger partial charge < -0.3 is 10.8 Å². The van der Waals surface area contributed by atoms with Crippen molar-refractivity contribution in [2.24, 2.45) is 10.8 Å². The third-order valence-corrected chi connectivity index (χ3v) is 2.43. The summed E-state index contributed by atoms with van der Waals surface area (Å²) in [5.41, 5.74) is 8.35. The summed E-state index contributed by atoms with van der Waals surface area (Å²) in [6.45, 7) is 0. The van der Waals surface area contributed by atoms with Gasteiger partial charge in [0.05, 0.1) is 11.8 Å². The molecule has 0 unspecified atom stereocenters. The number of hydrogen-bond donors (Lipinski definition) is 3. The number of halogens is 1. The molecular formula is C9H8BrN3O2S. The smallest absolute Gasteiger partial charge is 0.335 e. The highest BCUT2D eigenvalue weighted by atomic mass is 79.9. The molecule has 0 amide bonds. The molecule has 4 N–H and O–H groups in total. The molecule has 1 aromatic carbocycles. The standard InChI is InChI=1S/C9H8BrN3O2S/c10-7-2-1-5(8(14)15)3-6(7)4-12-13-9(11)16/h1-4H,(H,14,15)(H3,11,13,16). The molecule has 1 aromatic rings. The van der Waals surface area contributed by atoms with Crippen LogP contribution in [0.4, 0.5) is 0 Å². The maximum absolute atomic E-state index is 10.7. The van der Waals surface area contributed by atoms with Crippen molar-refractivity contribution in [2.75, 3.05) is 0 Å². The lowest BCUT2D eigenvalue weighted by Gasteiger charge is -2.00. The number of rotatable bonds is 3. The Kier molecular flexibility index (Phi) is 4.39. The summed E-state index contributed by atoms with van der Waals surface area (Å²) in [7, 11) is 0. The van der Waals surface area contributed by atoms with Crippen molar-refractivity contribution in [1.29, 1.82) is 0 Å². The van der Waals surface area contributed by atoms with Crippen molar-refractivity contribution in [3.63, 3.8) is 0 Å². The molecule has 0 aliphatic heterocycles. The van der Waals surface area contributed by atoms with Crippen LogP contribution in [0.15, 0.2) is 27.8 Å². The minimum Gasteiger partial charge on any atom is -0.478 e. The second-order valence-electron chi connectivity index (χ2n) is 2.78. The molecule has 0 radical (unpaired) electrons. The van der Waals surface area contributed by atoms with Crippen LogP contribution in [0.1, 0.15) is 15.9 Å².